The number of aromatic nitrogens is 2. The van der Waals surface area contributed by atoms with E-state index >= 15 is 0 Å². The quantitative estimate of drug-likeness (QED) is 0.168. The minimum absolute atomic E-state index is 0.00414. The maximum atomic E-state index is 11.7. The molecule has 196 valence electrons. The molecule has 4 rings (SSSR count). The number of nitrogens with two attached hydrogens (primary N) is 2. The van der Waals surface area contributed by atoms with Crippen LogP contribution >= 0.6 is 0 Å². The number of ether oxygens (including phenoxy) is 1. The Morgan fingerprint density at radius 3 is 2.84 bits per heavy atom. The van der Waals surface area contributed by atoms with Gasteiger partial charge in [0.2, 0.25) is 11.9 Å². The van der Waals surface area contributed by atoms with Crippen molar-refractivity contribution in [3.8, 4) is 5.75 Å². The monoisotopic (exact) mass is 505 g/mol. The fourth-order valence-corrected chi connectivity index (χ4v) is 4.34. The lowest BCUT2D eigenvalue weighted by Crippen LogP contribution is -2.38. The molecule has 0 saturated heterocycles. The Morgan fingerprint density at radius 1 is 1.27 bits per heavy atom. The van der Waals surface area contributed by atoms with Crippen LogP contribution in [0.5, 0.6) is 5.75 Å². The Kier molecular flexibility index (Phi) is 8.32. The molecule has 0 saturated carbocycles. The lowest BCUT2D eigenvalue weighted by molar-refractivity contribution is 0.0999. The number of aliphatic hydroxyl groups is 1. The van der Waals surface area contributed by atoms with Crippen molar-refractivity contribution in [1.82, 2.24) is 14.6 Å². The number of hydrazine groups is 1. The summed E-state index contributed by atoms with van der Waals surface area (Å²) in [6, 6.07) is 11.2. The second-order valence-corrected chi connectivity index (χ2v) is 8.75. The number of hydrogen-bond donors (Lipinski definition) is 4. The molecular formula is C27H35N7O3. The Morgan fingerprint density at radius 2 is 2.08 bits per heavy atom. The van der Waals surface area contributed by atoms with Gasteiger partial charge in [-0.15, -0.1) is 0 Å². The second kappa shape index (κ2) is 11.8. The van der Waals surface area contributed by atoms with Crippen LogP contribution in [0.2, 0.25) is 0 Å². The predicted molar refractivity (Wildman–Crippen MR) is 147 cm³/mol. The van der Waals surface area contributed by atoms with Crippen molar-refractivity contribution < 1.29 is 14.6 Å². The molecule has 0 spiro atoms. The number of imidazole rings is 1. The summed E-state index contributed by atoms with van der Waals surface area (Å²) in [5.41, 5.74) is 16.0. The molecule has 0 bridgehead atoms. The van der Waals surface area contributed by atoms with Gasteiger partial charge in [-0.2, -0.15) is 0 Å². The number of para-hydroxylation sites is 2. The van der Waals surface area contributed by atoms with Crippen LogP contribution in [0.25, 0.3) is 11.0 Å². The first kappa shape index (κ1) is 26.1. The summed E-state index contributed by atoms with van der Waals surface area (Å²) < 4.78 is 7.96. The summed E-state index contributed by atoms with van der Waals surface area (Å²) >= 11 is 0. The number of allylic oxidation sites excluding steroid dienone is 2. The van der Waals surface area contributed by atoms with Crippen LogP contribution in [0.1, 0.15) is 30.6 Å². The minimum atomic E-state index is -0.585. The molecule has 0 atom stereocenters. The van der Waals surface area contributed by atoms with Gasteiger partial charge < -0.3 is 31.2 Å². The number of nitrogens with zero attached hydrogens (tertiary/aromatic N) is 4. The van der Waals surface area contributed by atoms with Crippen LogP contribution in [0.3, 0.4) is 0 Å². The number of rotatable bonds is 12. The number of nitrogens with one attached hydrogen (secondary N) is 1. The molecule has 10 nitrogen and oxygen atoms in total. The lowest BCUT2D eigenvalue weighted by atomic mass is 10.1. The van der Waals surface area contributed by atoms with Crippen molar-refractivity contribution in [2.24, 2.45) is 5.73 Å². The van der Waals surface area contributed by atoms with E-state index in [9.17, 15) is 4.79 Å². The fraction of sp³-hybridized carbons (Fsp3) is 0.333. The van der Waals surface area contributed by atoms with Crippen LogP contribution in [0.4, 0.5) is 17.3 Å². The first-order valence-electron chi connectivity index (χ1n) is 12.5. The summed E-state index contributed by atoms with van der Waals surface area (Å²) in [7, 11) is 0. The number of anilines is 3. The number of nitrogen functional groups attached to an aromatic ring is 1. The number of hydrogen-bond acceptors (Lipinski definition) is 8. The molecule has 0 unspecified atom stereocenters. The highest BCUT2D eigenvalue weighted by molar-refractivity contribution is 5.96. The molecular weight excluding hydrogens is 470 g/mol. The molecule has 0 radical (unpaired) electrons. The van der Waals surface area contributed by atoms with Crippen molar-refractivity contribution in [3.05, 3.63) is 65.9 Å². The first-order valence-corrected chi connectivity index (χ1v) is 12.5. The molecule has 6 N–H and O–H groups in total. The molecule has 37 heavy (non-hydrogen) atoms. The van der Waals surface area contributed by atoms with E-state index in [1.807, 2.05) is 24.3 Å². The van der Waals surface area contributed by atoms with Gasteiger partial charge >= 0.3 is 0 Å². The topological polar surface area (TPSA) is 135 Å². The zero-order chi connectivity index (χ0) is 26.4. The summed E-state index contributed by atoms with van der Waals surface area (Å²) in [6.07, 6.45) is 6.77. The molecule has 1 aliphatic heterocycles. The Labute approximate surface area is 216 Å². The number of aliphatic hydroxyl groups excluding tert-OH is 1. The first-order chi connectivity index (χ1) is 17.9. The van der Waals surface area contributed by atoms with Crippen molar-refractivity contribution in [2.75, 3.05) is 48.9 Å². The highest BCUT2D eigenvalue weighted by Gasteiger charge is 2.26. The van der Waals surface area contributed by atoms with Crippen molar-refractivity contribution in [3.63, 3.8) is 0 Å². The predicted octanol–water partition coefficient (Wildman–Crippen LogP) is 3.11. The normalized spacial score (nSPS) is 14.0. The van der Waals surface area contributed by atoms with Gasteiger partial charge in [0.1, 0.15) is 11.4 Å². The molecule has 10 heteroatoms. The van der Waals surface area contributed by atoms with E-state index in [1.165, 1.54) is 6.07 Å². The van der Waals surface area contributed by atoms with Crippen LogP contribution in [0, 0.1) is 0 Å². The number of carbonyl (C=O) groups excluding carboxylic acids is 1. The maximum absolute atomic E-state index is 11.7. The number of amides is 1. The van der Waals surface area contributed by atoms with E-state index in [-0.39, 0.29) is 18.8 Å². The molecule has 2 heterocycles. The van der Waals surface area contributed by atoms with Gasteiger partial charge in [0.15, 0.2) is 0 Å². The fourth-order valence-electron chi connectivity index (χ4n) is 4.34. The van der Waals surface area contributed by atoms with Gasteiger partial charge in [-0.3, -0.25) is 4.79 Å². The van der Waals surface area contributed by atoms with Crippen molar-refractivity contribution in [1.29, 1.82) is 0 Å². The van der Waals surface area contributed by atoms with Crippen LogP contribution in [0.15, 0.2) is 60.3 Å². The van der Waals surface area contributed by atoms with E-state index in [2.05, 4.69) is 52.0 Å². The Balaban J connectivity index is 1.51. The van der Waals surface area contributed by atoms with Gasteiger partial charge in [-0.05, 0) is 37.3 Å². The number of primary amides is 1. The van der Waals surface area contributed by atoms with Crippen LogP contribution < -0.4 is 26.5 Å². The third kappa shape index (κ3) is 5.71. The van der Waals surface area contributed by atoms with E-state index < -0.39 is 5.91 Å². The van der Waals surface area contributed by atoms with Gasteiger partial charge in [-0.1, -0.05) is 31.2 Å². The molecule has 3 aromatic rings. The number of benzene rings is 2. The summed E-state index contributed by atoms with van der Waals surface area (Å²) in [6.45, 7) is 7.41. The van der Waals surface area contributed by atoms with Crippen molar-refractivity contribution >= 4 is 34.3 Å². The van der Waals surface area contributed by atoms with E-state index in [0.717, 1.165) is 35.8 Å². The van der Waals surface area contributed by atoms with Gasteiger partial charge in [0, 0.05) is 50.5 Å². The van der Waals surface area contributed by atoms with E-state index in [1.54, 1.807) is 6.07 Å². The van der Waals surface area contributed by atoms with Gasteiger partial charge in [-0.25, -0.2) is 15.0 Å². The molecule has 0 aliphatic carbocycles. The van der Waals surface area contributed by atoms with E-state index in [4.69, 9.17) is 26.3 Å². The Bertz CT molecular complexity index is 1310. The zero-order valence-electron chi connectivity index (χ0n) is 21.4. The molecule has 1 amide bonds. The molecule has 2 aromatic carbocycles. The van der Waals surface area contributed by atoms with Gasteiger partial charge in [0.25, 0.3) is 0 Å². The summed E-state index contributed by atoms with van der Waals surface area (Å²) in [4.78, 5) is 16.6. The number of carbonyl (C=O) groups is 1. The van der Waals surface area contributed by atoms with E-state index in [0.29, 0.717) is 36.6 Å². The zero-order valence-corrected chi connectivity index (χ0v) is 21.4. The van der Waals surface area contributed by atoms with Crippen LogP contribution in [-0.4, -0.2) is 58.4 Å². The third-order valence-electron chi connectivity index (χ3n) is 6.23. The summed E-state index contributed by atoms with van der Waals surface area (Å²) in [5, 5.41) is 16.8. The van der Waals surface area contributed by atoms with Crippen LogP contribution in [-0.2, 0) is 6.54 Å². The number of fused-ring (bicyclic) bond motifs is 1. The SMILES string of the molecule is CCN1CC=C(C)N1c1nc2ccccc2n1C/C=C/CNc1c(N)cc(C(N)=O)cc1OCCCO. The average Bonchev–Trinajstić information content (AvgIpc) is 3.44. The molecule has 0 fully saturated rings. The highest BCUT2D eigenvalue weighted by Crippen LogP contribution is 2.33. The maximum Gasteiger partial charge on any atom is 0.248 e. The average molecular weight is 506 g/mol. The highest BCUT2D eigenvalue weighted by atomic mass is 16.5. The van der Waals surface area contributed by atoms with Crippen molar-refractivity contribution in [2.45, 2.75) is 26.8 Å². The second-order valence-electron chi connectivity index (χ2n) is 8.75. The third-order valence-corrected chi connectivity index (χ3v) is 6.23. The smallest absolute Gasteiger partial charge is 0.248 e. The summed E-state index contributed by atoms with van der Waals surface area (Å²) in [5.74, 6) is 0.727. The molecule has 1 aromatic heterocycles. The Hall–Kier alpha value is -4.02. The van der Waals surface area contributed by atoms with Gasteiger partial charge in [0.05, 0.1) is 23.3 Å². The lowest BCUT2D eigenvalue weighted by Gasteiger charge is -2.29. The standard InChI is InChI=1S/C27H35N7O3/c1-3-32-14-11-19(2)34(32)27-31-22-9-4-5-10-23(22)33(27)13-7-6-12-30-25-21(28)17-20(26(29)36)18-24(25)37-16-8-15-35/h4-7,9-11,17-18,30,35H,3,8,12-16,28H2,1-2H3,(H2,29,36)/b7-6+. The molecule has 1 aliphatic rings. The number of likely N-dealkylation sites (N-methyl/N-ethyl adjacent to an activating group) is 1. The largest absolute Gasteiger partial charge is 0.491 e. The minimum Gasteiger partial charge on any atom is -0.491 e.